The summed E-state index contributed by atoms with van der Waals surface area (Å²) in [5.41, 5.74) is 5.57. The van der Waals surface area contributed by atoms with Gasteiger partial charge in [-0.25, -0.2) is 0 Å². The number of H-pyrrole nitrogens is 1. The largest absolute Gasteiger partial charge is 0.369 e. The number of hydrogen-bond acceptors (Lipinski definition) is 7. The lowest BCUT2D eigenvalue weighted by atomic mass is 10.4. The van der Waals surface area contributed by atoms with E-state index >= 15 is 0 Å². The van der Waals surface area contributed by atoms with Crippen LogP contribution in [0.25, 0.3) is 0 Å². The highest BCUT2D eigenvalue weighted by atomic mass is 31.2. The molecule has 0 aromatic carbocycles. The summed E-state index contributed by atoms with van der Waals surface area (Å²) in [4.78, 5) is 38.2. The fraction of sp³-hybridized carbons (Fsp3) is 0.636. The molecule has 124 valence electrons. The molecular formula is C11H20N5O5P. The van der Waals surface area contributed by atoms with Crippen molar-refractivity contribution in [2.45, 2.75) is 25.6 Å². The summed E-state index contributed by atoms with van der Waals surface area (Å²) < 4.78 is 16.4. The Hall–Kier alpha value is -1.61. The Labute approximate surface area is 126 Å². The predicted molar refractivity (Wildman–Crippen MR) is 81.8 cm³/mol. The van der Waals surface area contributed by atoms with Gasteiger partial charge in [-0.05, 0) is 12.8 Å². The quantitative estimate of drug-likeness (QED) is 0.339. The van der Waals surface area contributed by atoms with Gasteiger partial charge in [0.05, 0.1) is 6.67 Å². The molecule has 1 aliphatic rings. The minimum atomic E-state index is -4.23. The van der Waals surface area contributed by atoms with Gasteiger partial charge in [-0.2, -0.15) is 4.98 Å². The molecule has 10 nitrogen and oxygen atoms in total. The average Bonchev–Trinajstić information content (AvgIpc) is 2.80. The minimum Gasteiger partial charge on any atom is -0.369 e. The highest BCUT2D eigenvalue weighted by molar-refractivity contribution is 7.52. The molecule has 0 amide bonds. The van der Waals surface area contributed by atoms with Crippen LogP contribution in [-0.4, -0.2) is 45.4 Å². The first-order valence-corrected chi connectivity index (χ1v) is 8.56. The van der Waals surface area contributed by atoms with Crippen LogP contribution in [0.3, 0.4) is 0 Å². The van der Waals surface area contributed by atoms with E-state index in [0.717, 1.165) is 0 Å². The van der Waals surface area contributed by atoms with Crippen molar-refractivity contribution < 1.29 is 19.1 Å². The topological polar surface area (TPSA) is 154 Å². The maximum atomic E-state index is 11.7. The predicted octanol–water partition coefficient (Wildman–Crippen LogP) is -0.138. The fourth-order valence-corrected chi connectivity index (χ4v) is 3.00. The van der Waals surface area contributed by atoms with Crippen molar-refractivity contribution in [3.8, 4) is 0 Å². The van der Waals surface area contributed by atoms with Gasteiger partial charge < -0.3 is 30.5 Å². The number of rotatable bonds is 7. The molecule has 6 N–H and O–H groups in total. The summed E-state index contributed by atoms with van der Waals surface area (Å²) in [6.45, 7) is 2.80. The molecule has 0 spiro atoms. The zero-order chi connectivity index (χ0) is 16.3. The molecule has 1 aromatic rings. The first-order valence-electron chi connectivity index (χ1n) is 6.88. The normalized spacial score (nSPS) is 15.5. The highest BCUT2D eigenvalue weighted by Gasteiger charge is 2.28. The number of fused-ring (bicyclic) bond motifs is 1. The van der Waals surface area contributed by atoms with Crippen molar-refractivity contribution in [1.29, 1.82) is 0 Å². The summed E-state index contributed by atoms with van der Waals surface area (Å²) in [6, 6.07) is 0. The second-order valence-electron chi connectivity index (χ2n) is 4.92. The van der Waals surface area contributed by atoms with Crippen LogP contribution in [0.1, 0.15) is 19.8 Å². The molecule has 11 heteroatoms. The average molecular weight is 333 g/mol. The lowest BCUT2D eigenvalue weighted by molar-refractivity contribution is 0.0824. The van der Waals surface area contributed by atoms with E-state index in [9.17, 15) is 9.36 Å². The van der Waals surface area contributed by atoms with Crippen molar-refractivity contribution in [2.24, 2.45) is 0 Å². The second kappa shape index (κ2) is 6.66. The third-order valence-electron chi connectivity index (χ3n) is 3.27. The molecule has 0 fully saturated rings. The van der Waals surface area contributed by atoms with Gasteiger partial charge in [0.15, 0.2) is 11.7 Å². The summed E-state index contributed by atoms with van der Waals surface area (Å²) in [5.74, 6) is -0.558. The van der Waals surface area contributed by atoms with E-state index in [1.54, 1.807) is 6.92 Å². The van der Waals surface area contributed by atoms with Crippen molar-refractivity contribution in [3.63, 3.8) is 0 Å². The third kappa shape index (κ3) is 3.77. The number of nitrogens with two attached hydrogens (primary N) is 1. The molecular weight excluding hydrogens is 313 g/mol. The zero-order valence-electron chi connectivity index (χ0n) is 12.2. The minimum absolute atomic E-state index is 0.0428. The first-order chi connectivity index (χ1) is 10.3. The van der Waals surface area contributed by atoms with Crippen molar-refractivity contribution >= 4 is 25.0 Å². The lowest BCUT2D eigenvalue weighted by Crippen LogP contribution is -2.26. The van der Waals surface area contributed by atoms with Crippen molar-refractivity contribution in [2.75, 3.05) is 35.8 Å². The van der Waals surface area contributed by atoms with E-state index < -0.39 is 13.4 Å². The smallest absolute Gasteiger partial charge is 0.354 e. The number of hydrogen-bond donors (Lipinski definition) is 5. The van der Waals surface area contributed by atoms with Gasteiger partial charge in [-0.3, -0.25) is 14.3 Å². The Bertz CT molecular complexity index is 630. The van der Waals surface area contributed by atoms with Crippen LogP contribution < -0.4 is 21.5 Å². The number of aromatic amines is 1. The number of ether oxygens (including phenoxy) is 1. The van der Waals surface area contributed by atoms with Crippen LogP contribution in [0.15, 0.2) is 4.79 Å². The molecule has 2 heterocycles. The molecule has 0 aliphatic carbocycles. The molecule has 2 rings (SSSR count). The molecule has 1 atom stereocenters. The van der Waals surface area contributed by atoms with Gasteiger partial charge in [0.25, 0.3) is 5.56 Å². The van der Waals surface area contributed by atoms with E-state index in [1.165, 1.54) is 0 Å². The summed E-state index contributed by atoms with van der Waals surface area (Å²) >= 11 is 0. The molecule has 1 aliphatic heterocycles. The number of nitrogen functional groups attached to an aromatic ring is 1. The Kier molecular flexibility index (Phi) is 5.07. The van der Waals surface area contributed by atoms with Crippen molar-refractivity contribution in [3.05, 3.63) is 10.4 Å². The number of nitrogens with one attached hydrogen (secondary N) is 2. The Morgan fingerprint density at radius 2 is 2.27 bits per heavy atom. The molecule has 0 radical (unpaired) electrons. The van der Waals surface area contributed by atoms with E-state index in [4.69, 9.17) is 20.3 Å². The van der Waals surface area contributed by atoms with Gasteiger partial charge in [-0.15, -0.1) is 0 Å². The molecule has 1 unspecified atom stereocenters. The monoisotopic (exact) mass is 333 g/mol. The third-order valence-corrected chi connectivity index (χ3v) is 4.54. The first kappa shape index (κ1) is 16.8. The van der Waals surface area contributed by atoms with Crippen LogP contribution in [0.4, 0.5) is 17.5 Å². The molecule has 1 aromatic heterocycles. The van der Waals surface area contributed by atoms with Crippen LogP contribution in [0, 0.1) is 0 Å². The standard InChI is InChI=1S/C11H20N5O5P/c1-2-7(22(18,19)20)21-5-3-4-16-6-13-8-9(16)14-11(12)15-10(8)17/h7,13H,2-6H2,1H3,(H2,18,19,20)(H3,12,14,15,17). The second-order valence-corrected chi connectivity index (χ2v) is 6.68. The maximum absolute atomic E-state index is 11.7. The van der Waals surface area contributed by atoms with E-state index in [0.29, 0.717) is 31.1 Å². The molecule has 0 saturated carbocycles. The molecule has 22 heavy (non-hydrogen) atoms. The van der Waals surface area contributed by atoms with Gasteiger partial charge in [0.1, 0.15) is 5.69 Å². The Morgan fingerprint density at radius 3 is 2.91 bits per heavy atom. The van der Waals surface area contributed by atoms with Gasteiger partial charge >= 0.3 is 7.60 Å². The summed E-state index contributed by atoms with van der Waals surface area (Å²) in [7, 11) is -4.23. The van der Waals surface area contributed by atoms with E-state index in [2.05, 4.69) is 15.3 Å². The van der Waals surface area contributed by atoms with Crippen LogP contribution in [-0.2, 0) is 9.30 Å². The molecule has 0 saturated heterocycles. The summed E-state index contributed by atoms with van der Waals surface area (Å²) in [5, 5.41) is 2.93. The summed E-state index contributed by atoms with van der Waals surface area (Å²) in [6.07, 6.45) is 0.776. The number of aromatic nitrogens is 2. The van der Waals surface area contributed by atoms with Gasteiger partial charge in [-0.1, -0.05) is 6.92 Å². The lowest BCUT2D eigenvalue weighted by Gasteiger charge is -2.19. The van der Waals surface area contributed by atoms with Crippen LogP contribution >= 0.6 is 7.60 Å². The zero-order valence-corrected chi connectivity index (χ0v) is 13.0. The maximum Gasteiger partial charge on any atom is 0.354 e. The van der Waals surface area contributed by atoms with Gasteiger partial charge in [0.2, 0.25) is 5.95 Å². The SMILES string of the molecule is CCC(OCCCN1CNc2c1nc(N)[nH]c2=O)P(=O)(O)O. The highest BCUT2D eigenvalue weighted by Crippen LogP contribution is 2.43. The van der Waals surface area contributed by atoms with Gasteiger partial charge in [0, 0.05) is 13.2 Å². The Balaban J connectivity index is 1.88. The van der Waals surface area contributed by atoms with Crippen LogP contribution in [0.5, 0.6) is 0 Å². The Morgan fingerprint density at radius 1 is 1.55 bits per heavy atom. The van der Waals surface area contributed by atoms with Crippen LogP contribution in [0.2, 0.25) is 0 Å². The number of anilines is 3. The number of nitrogens with zero attached hydrogens (tertiary/aromatic N) is 2. The molecule has 0 bridgehead atoms. The van der Waals surface area contributed by atoms with E-state index in [1.807, 2.05) is 4.90 Å². The van der Waals surface area contributed by atoms with Crippen molar-refractivity contribution in [1.82, 2.24) is 9.97 Å². The van der Waals surface area contributed by atoms with E-state index in [-0.39, 0.29) is 24.5 Å². The fourth-order valence-electron chi connectivity index (χ4n) is 2.23.